The molecule has 152 valence electrons. The van der Waals surface area contributed by atoms with Gasteiger partial charge in [-0.1, -0.05) is 23.7 Å². The number of halogens is 1. The summed E-state index contributed by atoms with van der Waals surface area (Å²) >= 11 is 7.09. The minimum atomic E-state index is -3.72. The zero-order chi connectivity index (χ0) is 20.4. The quantitative estimate of drug-likeness (QED) is 0.608. The monoisotopic (exact) mass is 451 g/mol. The fourth-order valence-corrected chi connectivity index (χ4v) is 5.16. The first-order valence-electron chi connectivity index (χ1n) is 8.67. The van der Waals surface area contributed by atoms with E-state index in [0.717, 1.165) is 11.1 Å². The summed E-state index contributed by atoms with van der Waals surface area (Å²) in [7, 11) is -3.72. The topological polar surface area (TPSA) is 97.4 Å². The Labute approximate surface area is 178 Å². The van der Waals surface area contributed by atoms with E-state index in [1.807, 2.05) is 0 Å². The van der Waals surface area contributed by atoms with Gasteiger partial charge in [-0.3, -0.25) is 4.72 Å². The number of hydrogen-bond donors (Lipinski definition) is 2. The number of anilines is 1. The molecular formula is C19H18ClN3O4S2. The predicted molar refractivity (Wildman–Crippen MR) is 113 cm³/mol. The summed E-state index contributed by atoms with van der Waals surface area (Å²) < 4.78 is 32.8. The first-order chi connectivity index (χ1) is 13.9. The molecule has 0 fully saturated rings. The van der Waals surface area contributed by atoms with Crippen LogP contribution in [0.4, 0.5) is 9.93 Å². The first kappa shape index (κ1) is 19.7. The van der Waals surface area contributed by atoms with Gasteiger partial charge in [-0.05, 0) is 54.3 Å². The summed E-state index contributed by atoms with van der Waals surface area (Å²) in [6.45, 7) is 0. The van der Waals surface area contributed by atoms with E-state index in [1.54, 1.807) is 47.8 Å². The lowest BCUT2D eigenvalue weighted by Crippen LogP contribution is -2.37. The molecule has 1 unspecified atom stereocenters. The van der Waals surface area contributed by atoms with E-state index in [1.165, 1.54) is 17.5 Å². The minimum absolute atomic E-state index is 0. The largest absolute Gasteiger partial charge is 0.412 e. The van der Waals surface area contributed by atoms with E-state index in [4.69, 9.17) is 16.3 Å². The fourth-order valence-electron chi connectivity index (χ4n) is 3.15. The van der Waals surface area contributed by atoms with Gasteiger partial charge < -0.3 is 10.1 Å². The number of carbonyl (C=O) groups is 1. The van der Waals surface area contributed by atoms with Crippen LogP contribution in [0.2, 0.25) is 5.02 Å². The van der Waals surface area contributed by atoms with Crippen LogP contribution in [-0.2, 0) is 22.9 Å². The maximum absolute atomic E-state index is 12.5. The summed E-state index contributed by atoms with van der Waals surface area (Å²) in [6, 6.07) is 11.4. The second kappa shape index (κ2) is 8.02. The highest BCUT2D eigenvalue weighted by atomic mass is 35.5. The second-order valence-electron chi connectivity index (χ2n) is 6.47. The van der Waals surface area contributed by atoms with Crippen molar-refractivity contribution in [1.82, 2.24) is 10.3 Å². The molecule has 3 aromatic rings. The highest BCUT2D eigenvalue weighted by Gasteiger charge is 2.26. The minimum Gasteiger partial charge on any atom is -0.410 e. The number of rotatable bonds is 5. The summed E-state index contributed by atoms with van der Waals surface area (Å²) in [5.74, 6) is 0.354. The molecule has 7 nitrogen and oxygen atoms in total. The van der Waals surface area contributed by atoms with Crippen molar-refractivity contribution in [1.29, 1.82) is 0 Å². The number of fused-ring (bicyclic) bond motifs is 1. The number of nitrogens with zero attached hydrogens (tertiary/aromatic N) is 1. The molecule has 29 heavy (non-hydrogen) atoms. The number of nitrogens with one attached hydrogen (secondary N) is 2. The number of amides is 1. The zero-order valence-corrected chi connectivity index (χ0v) is 17.4. The highest BCUT2D eigenvalue weighted by molar-refractivity contribution is 7.93. The number of aromatic nitrogens is 1. The molecule has 4 rings (SSSR count). The second-order valence-corrected chi connectivity index (χ2v) is 9.48. The van der Waals surface area contributed by atoms with Gasteiger partial charge in [-0.15, -0.1) is 11.3 Å². The van der Waals surface area contributed by atoms with Crippen molar-refractivity contribution in [3.8, 4) is 5.75 Å². The Bertz CT molecular complexity index is 1160. The Kier molecular flexibility index (Phi) is 5.44. The number of benzene rings is 2. The molecule has 1 aliphatic rings. The van der Waals surface area contributed by atoms with Gasteiger partial charge in [0, 0.05) is 24.1 Å². The molecule has 0 saturated heterocycles. The van der Waals surface area contributed by atoms with E-state index in [2.05, 4.69) is 15.0 Å². The fraction of sp³-hybridized carbons (Fsp3) is 0.158. The lowest BCUT2D eigenvalue weighted by atomic mass is 10.1. The number of thiazole rings is 1. The molecule has 10 heteroatoms. The van der Waals surface area contributed by atoms with Crippen LogP contribution in [0, 0.1) is 0 Å². The molecule has 2 N–H and O–H groups in total. The molecule has 1 amide bonds. The molecule has 0 spiro atoms. The summed E-state index contributed by atoms with van der Waals surface area (Å²) in [5, 5.41) is 5.29. The van der Waals surface area contributed by atoms with Crippen LogP contribution in [0.3, 0.4) is 0 Å². The number of hydrogen-bond acceptors (Lipinski definition) is 6. The number of sulfonamides is 1. The van der Waals surface area contributed by atoms with Crippen LogP contribution in [0.1, 0.15) is 12.6 Å². The molecule has 0 aliphatic heterocycles. The van der Waals surface area contributed by atoms with Crippen LogP contribution < -0.4 is 14.8 Å². The van der Waals surface area contributed by atoms with Crippen molar-refractivity contribution in [2.75, 3.05) is 4.72 Å². The summed E-state index contributed by atoms with van der Waals surface area (Å²) in [4.78, 5) is 16.2. The number of ether oxygens (including phenoxy) is 1. The van der Waals surface area contributed by atoms with Crippen LogP contribution >= 0.6 is 22.9 Å². The van der Waals surface area contributed by atoms with Gasteiger partial charge in [-0.25, -0.2) is 18.2 Å². The van der Waals surface area contributed by atoms with Crippen molar-refractivity contribution in [3.63, 3.8) is 0 Å². The normalized spacial score (nSPS) is 15.6. The van der Waals surface area contributed by atoms with E-state index >= 15 is 0 Å². The maximum atomic E-state index is 12.5. The Balaban J connectivity index is 0.00000256. The highest BCUT2D eigenvalue weighted by Crippen LogP contribution is 2.27. The van der Waals surface area contributed by atoms with Gasteiger partial charge in [0.15, 0.2) is 5.13 Å². The summed E-state index contributed by atoms with van der Waals surface area (Å²) in [6.07, 6.45) is 2.06. The van der Waals surface area contributed by atoms with Crippen molar-refractivity contribution in [2.45, 2.75) is 23.8 Å². The zero-order valence-electron chi connectivity index (χ0n) is 15.0. The van der Waals surface area contributed by atoms with Crippen LogP contribution in [-0.4, -0.2) is 25.5 Å². The molecule has 2 aromatic carbocycles. The van der Waals surface area contributed by atoms with Crippen molar-refractivity contribution >= 4 is 44.2 Å². The molecule has 1 atom stereocenters. The van der Waals surface area contributed by atoms with Gasteiger partial charge in [0.25, 0.3) is 10.0 Å². The Hall–Kier alpha value is -2.62. The smallest absolute Gasteiger partial charge is 0.410 e. The van der Waals surface area contributed by atoms with Crippen LogP contribution in [0.25, 0.3) is 0 Å². The third kappa shape index (κ3) is 4.69. The van der Waals surface area contributed by atoms with Gasteiger partial charge in [0.1, 0.15) is 5.75 Å². The molecule has 0 saturated carbocycles. The third-order valence-electron chi connectivity index (χ3n) is 4.40. The van der Waals surface area contributed by atoms with Crippen molar-refractivity contribution < 1.29 is 19.4 Å². The molecule has 0 radical (unpaired) electrons. The molecule has 1 heterocycles. The van der Waals surface area contributed by atoms with E-state index in [-0.39, 0.29) is 12.4 Å². The molecule has 1 aliphatic carbocycles. The van der Waals surface area contributed by atoms with E-state index < -0.39 is 16.1 Å². The lowest BCUT2D eigenvalue weighted by Gasteiger charge is -2.12. The average molecular weight is 452 g/mol. The molecule has 0 bridgehead atoms. The van der Waals surface area contributed by atoms with Crippen molar-refractivity contribution in [3.05, 3.63) is 70.2 Å². The molecular weight excluding hydrogens is 434 g/mol. The first-order valence-corrected chi connectivity index (χ1v) is 11.4. The SMILES string of the molecule is O=C(NC1Cc2ccc(S(=O)(=O)Nc3nccs3)cc2C1)Oc1cccc(Cl)c1.[HH]. The van der Waals surface area contributed by atoms with Gasteiger partial charge in [0.05, 0.1) is 4.90 Å². The molecule has 1 aromatic heterocycles. The standard InChI is InChI=1S/C19H16ClN3O4S2.H2/c20-14-2-1-3-16(11-14)27-19(24)22-15-8-12-4-5-17(10-13(12)9-15)29(25,26)23-18-21-6-7-28-18;/h1-7,10-11,15H,8-9H2,(H,21,23)(H,22,24);1H. The van der Waals surface area contributed by atoms with Crippen molar-refractivity contribution in [2.24, 2.45) is 0 Å². The maximum Gasteiger partial charge on any atom is 0.412 e. The van der Waals surface area contributed by atoms with Gasteiger partial charge in [-0.2, -0.15) is 0 Å². The lowest BCUT2D eigenvalue weighted by molar-refractivity contribution is 0.196. The Morgan fingerprint density at radius 3 is 2.79 bits per heavy atom. The Morgan fingerprint density at radius 2 is 2.03 bits per heavy atom. The van der Waals surface area contributed by atoms with Gasteiger partial charge >= 0.3 is 6.09 Å². The van der Waals surface area contributed by atoms with Gasteiger partial charge in [0.2, 0.25) is 0 Å². The third-order valence-corrected chi connectivity index (χ3v) is 6.79. The van der Waals surface area contributed by atoms with E-state index in [9.17, 15) is 13.2 Å². The average Bonchev–Trinajstić information content (AvgIpc) is 3.29. The van der Waals surface area contributed by atoms with Crippen LogP contribution in [0.5, 0.6) is 5.75 Å². The summed E-state index contributed by atoms with van der Waals surface area (Å²) in [5.41, 5.74) is 1.87. The van der Waals surface area contributed by atoms with Crippen LogP contribution in [0.15, 0.2) is 58.9 Å². The predicted octanol–water partition coefficient (Wildman–Crippen LogP) is 4.10. The Morgan fingerprint density at radius 1 is 1.21 bits per heavy atom. The van der Waals surface area contributed by atoms with E-state index in [0.29, 0.717) is 28.7 Å². The number of carbonyl (C=O) groups excluding carboxylic acids is 1.